The Kier molecular flexibility index (Phi) is 5.12. The largest absolute Gasteiger partial charge is 0.393 e. The van der Waals surface area contributed by atoms with Crippen LogP contribution in [0, 0.1) is 11.7 Å². The van der Waals surface area contributed by atoms with Crippen molar-refractivity contribution in [2.24, 2.45) is 5.92 Å². The predicted octanol–water partition coefficient (Wildman–Crippen LogP) is 1.80. The standard InChI is InChI=1S/C14H20FNO3S/c15-13-5-1-12(2-6-13)10-20(18,19)16-9-11-3-7-14(17)8-4-11/h1-2,5-6,11,14,16-17H,3-4,7-10H2. The summed E-state index contributed by atoms with van der Waals surface area (Å²) < 4.78 is 39.2. The molecular weight excluding hydrogens is 281 g/mol. The second kappa shape index (κ2) is 6.65. The lowest BCUT2D eigenvalue weighted by atomic mass is 9.88. The van der Waals surface area contributed by atoms with Crippen LogP contribution >= 0.6 is 0 Å². The third-order valence-electron chi connectivity index (χ3n) is 3.68. The normalized spacial score (nSPS) is 23.7. The molecular formula is C14H20FNO3S. The van der Waals surface area contributed by atoms with Gasteiger partial charge in [-0.2, -0.15) is 0 Å². The summed E-state index contributed by atoms with van der Waals surface area (Å²) in [6.07, 6.45) is 2.94. The van der Waals surface area contributed by atoms with E-state index in [1.807, 2.05) is 0 Å². The van der Waals surface area contributed by atoms with Crippen LogP contribution in [0.1, 0.15) is 31.2 Å². The Bertz CT molecular complexity index is 522. The highest BCUT2D eigenvalue weighted by Gasteiger charge is 2.21. The van der Waals surface area contributed by atoms with Crippen LogP contribution in [0.3, 0.4) is 0 Å². The lowest BCUT2D eigenvalue weighted by Crippen LogP contribution is -2.32. The summed E-state index contributed by atoms with van der Waals surface area (Å²) in [4.78, 5) is 0. The summed E-state index contributed by atoms with van der Waals surface area (Å²) in [7, 11) is -3.40. The van der Waals surface area contributed by atoms with E-state index in [-0.39, 0.29) is 17.7 Å². The predicted molar refractivity (Wildman–Crippen MR) is 75.0 cm³/mol. The van der Waals surface area contributed by atoms with Crippen LogP contribution in [-0.4, -0.2) is 26.2 Å². The maximum Gasteiger partial charge on any atom is 0.215 e. The van der Waals surface area contributed by atoms with Gasteiger partial charge < -0.3 is 5.11 Å². The molecule has 112 valence electrons. The molecule has 1 fully saturated rings. The summed E-state index contributed by atoms with van der Waals surface area (Å²) in [6.45, 7) is 0.413. The number of halogens is 1. The summed E-state index contributed by atoms with van der Waals surface area (Å²) in [5, 5.41) is 9.40. The molecule has 0 atom stereocenters. The zero-order valence-electron chi connectivity index (χ0n) is 11.3. The molecule has 0 radical (unpaired) electrons. The third kappa shape index (κ3) is 4.85. The lowest BCUT2D eigenvalue weighted by Gasteiger charge is -2.25. The van der Waals surface area contributed by atoms with Gasteiger partial charge in [0.1, 0.15) is 5.82 Å². The third-order valence-corrected chi connectivity index (χ3v) is 5.00. The molecule has 1 aromatic carbocycles. The molecule has 1 saturated carbocycles. The van der Waals surface area contributed by atoms with Crippen molar-refractivity contribution in [2.75, 3.05) is 6.54 Å². The van der Waals surface area contributed by atoms with Crippen LogP contribution in [0.25, 0.3) is 0 Å². The van der Waals surface area contributed by atoms with E-state index in [1.165, 1.54) is 24.3 Å². The highest BCUT2D eigenvalue weighted by Crippen LogP contribution is 2.23. The molecule has 0 saturated heterocycles. The first kappa shape index (κ1) is 15.4. The Labute approximate surface area is 119 Å². The number of aliphatic hydroxyl groups is 1. The first-order valence-corrected chi connectivity index (χ1v) is 8.50. The van der Waals surface area contributed by atoms with E-state index < -0.39 is 10.0 Å². The highest BCUT2D eigenvalue weighted by atomic mass is 32.2. The molecule has 20 heavy (non-hydrogen) atoms. The van der Waals surface area contributed by atoms with Gasteiger partial charge in [-0.1, -0.05) is 12.1 Å². The number of rotatable bonds is 5. The van der Waals surface area contributed by atoms with Gasteiger partial charge in [0.05, 0.1) is 11.9 Å². The summed E-state index contributed by atoms with van der Waals surface area (Å²) in [6, 6.07) is 5.47. The smallest absolute Gasteiger partial charge is 0.215 e. The second-order valence-electron chi connectivity index (χ2n) is 5.41. The maximum atomic E-state index is 12.8. The highest BCUT2D eigenvalue weighted by molar-refractivity contribution is 7.88. The minimum atomic E-state index is -3.40. The van der Waals surface area contributed by atoms with Gasteiger partial charge in [0.15, 0.2) is 0 Å². The van der Waals surface area contributed by atoms with Crippen LogP contribution < -0.4 is 4.72 Å². The van der Waals surface area contributed by atoms with Crippen molar-refractivity contribution in [3.05, 3.63) is 35.6 Å². The number of nitrogens with one attached hydrogen (secondary N) is 1. The number of hydrogen-bond acceptors (Lipinski definition) is 3. The van der Waals surface area contributed by atoms with Crippen molar-refractivity contribution in [3.8, 4) is 0 Å². The molecule has 0 unspecified atom stereocenters. The van der Waals surface area contributed by atoms with Gasteiger partial charge in [-0.15, -0.1) is 0 Å². The van der Waals surface area contributed by atoms with Crippen molar-refractivity contribution in [3.63, 3.8) is 0 Å². The Hall–Kier alpha value is -0.980. The minimum absolute atomic E-state index is 0.136. The summed E-state index contributed by atoms with van der Waals surface area (Å²) >= 11 is 0. The molecule has 0 heterocycles. The molecule has 2 rings (SSSR count). The SMILES string of the molecule is O=S(=O)(Cc1ccc(F)cc1)NCC1CCC(O)CC1. The molecule has 0 bridgehead atoms. The van der Waals surface area contributed by atoms with Crippen LogP contribution in [0.5, 0.6) is 0 Å². The van der Waals surface area contributed by atoms with Gasteiger partial charge in [-0.05, 0) is 49.3 Å². The quantitative estimate of drug-likeness (QED) is 0.871. The average Bonchev–Trinajstić information content (AvgIpc) is 2.41. The molecule has 0 amide bonds. The Morgan fingerprint density at radius 3 is 2.35 bits per heavy atom. The lowest BCUT2D eigenvalue weighted by molar-refractivity contribution is 0.109. The van der Waals surface area contributed by atoms with E-state index in [9.17, 15) is 17.9 Å². The molecule has 2 N–H and O–H groups in total. The van der Waals surface area contributed by atoms with E-state index >= 15 is 0 Å². The van der Waals surface area contributed by atoms with Crippen molar-refractivity contribution < 1.29 is 17.9 Å². The van der Waals surface area contributed by atoms with E-state index in [2.05, 4.69) is 4.72 Å². The molecule has 1 aromatic rings. The maximum absolute atomic E-state index is 12.8. The van der Waals surface area contributed by atoms with Crippen LogP contribution in [0.15, 0.2) is 24.3 Å². The van der Waals surface area contributed by atoms with Gasteiger partial charge in [0.2, 0.25) is 10.0 Å². The fraction of sp³-hybridized carbons (Fsp3) is 0.571. The topological polar surface area (TPSA) is 66.4 Å². The Morgan fingerprint density at radius 2 is 1.75 bits per heavy atom. The van der Waals surface area contributed by atoms with Crippen molar-refractivity contribution in [1.29, 1.82) is 0 Å². The van der Waals surface area contributed by atoms with E-state index in [1.54, 1.807) is 0 Å². The minimum Gasteiger partial charge on any atom is -0.393 e. The number of sulfonamides is 1. The van der Waals surface area contributed by atoms with Crippen molar-refractivity contribution >= 4 is 10.0 Å². The number of aliphatic hydroxyl groups excluding tert-OH is 1. The van der Waals surface area contributed by atoms with E-state index in [4.69, 9.17) is 0 Å². The number of benzene rings is 1. The van der Waals surface area contributed by atoms with Crippen LogP contribution in [0.4, 0.5) is 4.39 Å². The van der Waals surface area contributed by atoms with Gasteiger partial charge in [-0.25, -0.2) is 17.5 Å². The number of hydrogen-bond donors (Lipinski definition) is 2. The fourth-order valence-electron chi connectivity index (χ4n) is 2.44. The molecule has 4 nitrogen and oxygen atoms in total. The van der Waals surface area contributed by atoms with Gasteiger partial charge in [0.25, 0.3) is 0 Å². The Morgan fingerprint density at radius 1 is 1.15 bits per heavy atom. The van der Waals surface area contributed by atoms with Gasteiger partial charge >= 0.3 is 0 Å². The molecule has 1 aliphatic carbocycles. The van der Waals surface area contributed by atoms with E-state index in [0.717, 1.165) is 25.7 Å². The molecule has 6 heteroatoms. The first-order chi connectivity index (χ1) is 9.44. The fourth-order valence-corrected chi connectivity index (χ4v) is 3.67. The molecule has 0 aromatic heterocycles. The van der Waals surface area contributed by atoms with E-state index in [0.29, 0.717) is 18.0 Å². The molecule has 0 spiro atoms. The molecule has 0 aliphatic heterocycles. The van der Waals surface area contributed by atoms with Gasteiger partial charge in [-0.3, -0.25) is 0 Å². The summed E-state index contributed by atoms with van der Waals surface area (Å²) in [5.74, 6) is -0.218. The average molecular weight is 301 g/mol. The zero-order chi connectivity index (χ0) is 14.6. The first-order valence-electron chi connectivity index (χ1n) is 6.84. The van der Waals surface area contributed by atoms with Crippen molar-refractivity contribution in [1.82, 2.24) is 4.72 Å². The van der Waals surface area contributed by atoms with Crippen molar-refractivity contribution in [2.45, 2.75) is 37.5 Å². The van der Waals surface area contributed by atoms with Crippen LogP contribution in [0.2, 0.25) is 0 Å². The Balaban J connectivity index is 1.83. The van der Waals surface area contributed by atoms with Gasteiger partial charge in [0, 0.05) is 6.54 Å². The van der Waals surface area contributed by atoms with Crippen LogP contribution in [-0.2, 0) is 15.8 Å². The summed E-state index contributed by atoms with van der Waals surface area (Å²) in [5.41, 5.74) is 0.568. The monoisotopic (exact) mass is 301 g/mol. The zero-order valence-corrected chi connectivity index (χ0v) is 12.1. The second-order valence-corrected chi connectivity index (χ2v) is 7.22. The molecule has 1 aliphatic rings.